The average Bonchev–Trinajstić information content (AvgIpc) is 2.01. The number of likely N-dealkylation sites (tertiary alicyclic amines) is 2. The van der Waals surface area contributed by atoms with E-state index in [1.54, 1.807) is 4.90 Å². The molecule has 0 atom stereocenters. The van der Waals surface area contributed by atoms with Crippen molar-refractivity contribution in [1.82, 2.24) is 9.80 Å². The van der Waals surface area contributed by atoms with Crippen LogP contribution in [0.25, 0.3) is 0 Å². The Bertz CT molecular complexity index is 345. The highest BCUT2D eigenvalue weighted by Gasteiger charge is 2.55. The van der Waals surface area contributed by atoms with Gasteiger partial charge in [0.15, 0.2) is 0 Å². The minimum absolute atomic E-state index is 0.0633. The molecule has 0 aromatic carbocycles. The molecule has 0 unspecified atom stereocenters. The number of hydrogen-bond acceptors (Lipinski definition) is 2. The van der Waals surface area contributed by atoms with Gasteiger partial charge in [0.2, 0.25) is 5.91 Å². The highest BCUT2D eigenvalue weighted by atomic mass is 19.4. The lowest BCUT2D eigenvalue weighted by molar-refractivity contribution is -0.196. The minimum atomic E-state index is -4.12. The summed E-state index contributed by atoms with van der Waals surface area (Å²) in [6, 6.07) is 0. The third-order valence-corrected chi connectivity index (χ3v) is 3.50. The van der Waals surface area contributed by atoms with Crippen LogP contribution >= 0.6 is 0 Å². The molecule has 2 heterocycles. The molecule has 2 fully saturated rings. The third kappa shape index (κ3) is 2.63. The number of nitrogens with zero attached hydrogens (tertiary/aromatic N) is 2. The van der Waals surface area contributed by atoms with Gasteiger partial charge in [-0.25, -0.2) is 0 Å². The van der Waals surface area contributed by atoms with Crippen molar-refractivity contribution in [2.45, 2.75) is 26.9 Å². The summed E-state index contributed by atoms with van der Waals surface area (Å²) in [5.41, 5.74) is -0.469. The van der Waals surface area contributed by atoms with Crippen molar-refractivity contribution in [2.24, 2.45) is 10.8 Å². The summed E-state index contributed by atoms with van der Waals surface area (Å²) in [5, 5.41) is 0. The summed E-state index contributed by atoms with van der Waals surface area (Å²) in [6.45, 7) is 6.88. The first-order valence-corrected chi connectivity index (χ1v) is 6.09. The van der Waals surface area contributed by atoms with Crippen LogP contribution in [0.4, 0.5) is 13.2 Å². The van der Waals surface area contributed by atoms with E-state index < -0.39 is 18.1 Å². The zero-order valence-electron chi connectivity index (χ0n) is 11.0. The lowest BCUT2D eigenvalue weighted by Crippen LogP contribution is -2.74. The predicted molar refractivity (Wildman–Crippen MR) is 61.0 cm³/mol. The van der Waals surface area contributed by atoms with E-state index in [1.807, 2.05) is 20.8 Å². The third-order valence-electron chi connectivity index (χ3n) is 3.50. The molecule has 0 bridgehead atoms. The fraction of sp³-hybridized carbons (Fsp3) is 0.917. The van der Waals surface area contributed by atoms with E-state index >= 15 is 0 Å². The first kappa shape index (κ1) is 13.6. The molecule has 0 N–H and O–H groups in total. The molecule has 104 valence electrons. The van der Waals surface area contributed by atoms with Crippen LogP contribution in [-0.2, 0) is 4.79 Å². The Morgan fingerprint density at radius 2 is 1.61 bits per heavy atom. The summed E-state index contributed by atoms with van der Waals surface area (Å²) in [4.78, 5) is 15.1. The van der Waals surface area contributed by atoms with Gasteiger partial charge >= 0.3 is 6.18 Å². The Morgan fingerprint density at radius 3 is 2.00 bits per heavy atom. The van der Waals surface area contributed by atoms with Gasteiger partial charge in [-0.15, -0.1) is 0 Å². The second kappa shape index (κ2) is 3.85. The molecule has 0 aromatic rings. The molecule has 2 rings (SSSR count). The molecule has 1 amide bonds. The molecule has 2 saturated heterocycles. The number of amides is 1. The normalized spacial score (nSPS) is 23.8. The molecule has 0 aliphatic carbocycles. The van der Waals surface area contributed by atoms with Gasteiger partial charge in [0, 0.05) is 37.0 Å². The zero-order valence-corrected chi connectivity index (χ0v) is 11.0. The fourth-order valence-corrected chi connectivity index (χ4v) is 2.85. The largest absolute Gasteiger partial charge is 0.401 e. The van der Waals surface area contributed by atoms with Crippen molar-refractivity contribution >= 4 is 5.91 Å². The molecule has 0 radical (unpaired) electrons. The van der Waals surface area contributed by atoms with Gasteiger partial charge in [-0.05, 0) is 0 Å². The Labute approximate surface area is 105 Å². The van der Waals surface area contributed by atoms with Crippen LogP contribution < -0.4 is 0 Å². The van der Waals surface area contributed by atoms with Crippen molar-refractivity contribution in [3.05, 3.63) is 0 Å². The van der Waals surface area contributed by atoms with Crippen molar-refractivity contribution in [2.75, 3.05) is 32.7 Å². The van der Waals surface area contributed by atoms with Crippen LogP contribution in [0, 0.1) is 10.8 Å². The van der Waals surface area contributed by atoms with Crippen LogP contribution in [0.1, 0.15) is 20.8 Å². The summed E-state index contributed by atoms with van der Waals surface area (Å²) in [5.74, 6) is 0.0856. The Kier molecular flexibility index (Phi) is 2.92. The number of carbonyl (C=O) groups excluding carboxylic acids is 1. The first-order chi connectivity index (χ1) is 8.01. The Morgan fingerprint density at radius 1 is 1.11 bits per heavy atom. The first-order valence-electron chi connectivity index (χ1n) is 6.09. The van der Waals surface area contributed by atoms with Gasteiger partial charge in [0.1, 0.15) is 0 Å². The zero-order chi connectivity index (χ0) is 13.8. The quantitative estimate of drug-likeness (QED) is 0.720. The number of carbonyl (C=O) groups is 1. The molecule has 6 heteroatoms. The molecule has 18 heavy (non-hydrogen) atoms. The second-order valence-corrected chi connectivity index (χ2v) is 6.67. The van der Waals surface area contributed by atoms with E-state index in [9.17, 15) is 18.0 Å². The van der Waals surface area contributed by atoms with Crippen LogP contribution in [0.15, 0.2) is 0 Å². The Hall–Kier alpha value is -0.780. The maximum Gasteiger partial charge on any atom is 0.401 e. The molecule has 2 aliphatic rings. The fourth-order valence-electron chi connectivity index (χ4n) is 2.85. The maximum atomic E-state index is 12.2. The Balaban J connectivity index is 1.77. The molecular weight excluding hydrogens is 245 g/mol. The highest BCUT2D eigenvalue weighted by molar-refractivity contribution is 5.82. The lowest BCUT2D eigenvalue weighted by atomic mass is 9.72. The maximum absolute atomic E-state index is 12.2. The van der Waals surface area contributed by atoms with Gasteiger partial charge in [-0.3, -0.25) is 9.69 Å². The van der Waals surface area contributed by atoms with Crippen LogP contribution in [0.2, 0.25) is 0 Å². The minimum Gasteiger partial charge on any atom is -0.341 e. The SMILES string of the molecule is CC(C)(C)C(=O)N1CC2(CN(CC(F)(F)F)C2)C1. The monoisotopic (exact) mass is 264 g/mol. The van der Waals surface area contributed by atoms with Crippen LogP contribution in [-0.4, -0.2) is 54.6 Å². The van der Waals surface area contributed by atoms with Crippen LogP contribution in [0.5, 0.6) is 0 Å². The highest BCUT2D eigenvalue weighted by Crippen LogP contribution is 2.42. The second-order valence-electron chi connectivity index (χ2n) is 6.67. The number of hydrogen-bond donors (Lipinski definition) is 0. The number of rotatable bonds is 1. The van der Waals surface area contributed by atoms with E-state index in [2.05, 4.69) is 0 Å². The van der Waals surface area contributed by atoms with E-state index in [0.29, 0.717) is 26.2 Å². The van der Waals surface area contributed by atoms with Crippen molar-refractivity contribution in [1.29, 1.82) is 0 Å². The van der Waals surface area contributed by atoms with Gasteiger partial charge in [-0.1, -0.05) is 20.8 Å². The van der Waals surface area contributed by atoms with E-state index in [4.69, 9.17) is 0 Å². The van der Waals surface area contributed by atoms with Gasteiger partial charge in [0.05, 0.1) is 6.54 Å². The van der Waals surface area contributed by atoms with Crippen molar-refractivity contribution in [3.8, 4) is 0 Å². The van der Waals surface area contributed by atoms with E-state index in [0.717, 1.165) is 0 Å². The molecule has 3 nitrogen and oxygen atoms in total. The summed E-state index contributed by atoms with van der Waals surface area (Å²) in [6.07, 6.45) is -4.12. The summed E-state index contributed by atoms with van der Waals surface area (Å²) >= 11 is 0. The van der Waals surface area contributed by atoms with E-state index in [1.165, 1.54) is 4.90 Å². The smallest absolute Gasteiger partial charge is 0.341 e. The van der Waals surface area contributed by atoms with Crippen molar-refractivity contribution < 1.29 is 18.0 Å². The topological polar surface area (TPSA) is 23.6 Å². The van der Waals surface area contributed by atoms with Gasteiger partial charge < -0.3 is 4.90 Å². The molecule has 0 aromatic heterocycles. The predicted octanol–water partition coefficient (Wildman–Crippen LogP) is 1.74. The molecule has 2 aliphatic heterocycles. The van der Waals surface area contributed by atoms with Gasteiger partial charge in [-0.2, -0.15) is 13.2 Å². The van der Waals surface area contributed by atoms with Crippen molar-refractivity contribution in [3.63, 3.8) is 0 Å². The lowest BCUT2D eigenvalue weighted by Gasteiger charge is -2.61. The van der Waals surface area contributed by atoms with Crippen LogP contribution in [0.3, 0.4) is 0 Å². The number of alkyl halides is 3. The summed E-state index contributed by atoms with van der Waals surface area (Å²) < 4.78 is 36.5. The standard InChI is InChI=1S/C12H19F3N2O/c1-10(2,3)9(18)17-6-11(7-17)4-16(5-11)8-12(13,14)15/h4-8H2,1-3H3. The number of halogens is 3. The average molecular weight is 264 g/mol. The molecule has 1 spiro atoms. The molecular formula is C12H19F3N2O. The van der Waals surface area contributed by atoms with Gasteiger partial charge in [0.25, 0.3) is 0 Å². The summed E-state index contributed by atoms with van der Waals surface area (Å²) in [7, 11) is 0. The van der Waals surface area contributed by atoms with E-state index in [-0.39, 0.29) is 11.3 Å². The molecule has 0 saturated carbocycles.